The largest absolute Gasteiger partial charge is 0.496 e. The van der Waals surface area contributed by atoms with E-state index in [2.05, 4.69) is 15.6 Å². The number of pyridine rings is 1. The summed E-state index contributed by atoms with van der Waals surface area (Å²) in [6, 6.07) is 8.21. The first-order valence-corrected chi connectivity index (χ1v) is 8.98. The van der Waals surface area contributed by atoms with E-state index in [9.17, 15) is 8.68 Å². The molecule has 8 nitrogen and oxygen atoms in total. The number of nitrogens with one attached hydrogen (secondary N) is 2. The highest BCUT2D eigenvalue weighted by molar-refractivity contribution is 7.92. The monoisotopic (exact) mass is 406 g/mol. The normalized spacial score (nSPS) is 10.7. The second-order valence-electron chi connectivity index (χ2n) is 5.65. The Morgan fingerprint density at radius 3 is 2.57 bits per heavy atom. The molecule has 0 aliphatic carbocycles. The maximum atomic E-state index is 13.6. The number of anilines is 1. The highest BCUT2D eigenvalue weighted by Gasteiger charge is 2.20. The Balaban J connectivity index is 2.08. The maximum Gasteiger partial charge on any atom is 0.320 e. The van der Waals surface area contributed by atoms with Crippen LogP contribution in [0, 0.1) is 0 Å². The molecule has 3 aromatic rings. The quantitative estimate of drug-likeness (QED) is 0.557. The fourth-order valence-corrected chi connectivity index (χ4v) is 3.19. The number of ether oxygens (including phenoxy) is 2. The van der Waals surface area contributed by atoms with Crippen molar-refractivity contribution in [3.8, 4) is 22.6 Å². The van der Waals surface area contributed by atoms with Crippen LogP contribution >= 0.6 is 12.3 Å². The lowest BCUT2D eigenvalue weighted by atomic mass is 10.0. The molecule has 28 heavy (non-hydrogen) atoms. The zero-order valence-electron chi connectivity index (χ0n) is 15.2. The summed E-state index contributed by atoms with van der Waals surface area (Å²) in [5.41, 5.74) is 1.68. The Hall–Kier alpha value is -2.98. The summed E-state index contributed by atoms with van der Waals surface area (Å²) in [6.45, 7) is -0.0616. The second-order valence-corrected chi connectivity index (χ2v) is 6.18. The predicted octanol–water partition coefficient (Wildman–Crippen LogP) is 3.22. The van der Waals surface area contributed by atoms with Gasteiger partial charge in [0.1, 0.15) is 17.3 Å². The summed E-state index contributed by atoms with van der Waals surface area (Å²) in [6.07, 6.45) is 1.60. The smallest absolute Gasteiger partial charge is 0.320 e. The van der Waals surface area contributed by atoms with Gasteiger partial charge < -0.3 is 19.9 Å². The Labute approximate surface area is 165 Å². The summed E-state index contributed by atoms with van der Waals surface area (Å²) in [7, 11) is 3.10. The summed E-state index contributed by atoms with van der Waals surface area (Å²) < 4.78 is 25.7. The summed E-state index contributed by atoms with van der Waals surface area (Å²) in [5, 5.41) is 14.4. The standard InChI is InChI=1S/C18H19FN4O4S/c1-26-13-4-3-5-14(27-2)16(13)12-10-23(28-19)17-11(12)6-7-15(21-17)22-18(25)20-8-9-24/h3-7,10,24H,8-9H2,1-2H3,(H2,20,21,22,25). The number of hydrogen-bond acceptors (Lipinski definition) is 6. The van der Waals surface area contributed by atoms with E-state index < -0.39 is 6.03 Å². The number of halogens is 1. The van der Waals surface area contributed by atoms with Gasteiger partial charge in [-0.1, -0.05) is 6.07 Å². The van der Waals surface area contributed by atoms with Crippen molar-refractivity contribution in [2.24, 2.45) is 0 Å². The van der Waals surface area contributed by atoms with Crippen LogP contribution in [0.25, 0.3) is 22.2 Å². The Morgan fingerprint density at radius 2 is 1.96 bits per heavy atom. The number of methoxy groups -OCH3 is 2. The number of urea groups is 1. The second kappa shape index (κ2) is 8.81. The van der Waals surface area contributed by atoms with Gasteiger partial charge in [0.05, 0.1) is 26.4 Å². The van der Waals surface area contributed by atoms with Crippen molar-refractivity contribution < 1.29 is 23.3 Å². The Morgan fingerprint density at radius 1 is 1.25 bits per heavy atom. The van der Waals surface area contributed by atoms with Crippen LogP contribution in [0.2, 0.25) is 0 Å². The topological polar surface area (TPSA) is 97.6 Å². The molecule has 0 saturated carbocycles. The van der Waals surface area contributed by atoms with E-state index in [0.717, 1.165) is 0 Å². The average Bonchev–Trinajstić information content (AvgIpc) is 3.09. The molecular weight excluding hydrogens is 387 g/mol. The molecule has 2 heterocycles. The van der Waals surface area contributed by atoms with Crippen molar-refractivity contribution in [2.75, 3.05) is 32.7 Å². The lowest BCUT2D eigenvalue weighted by Gasteiger charge is -2.12. The molecule has 0 spiro atoms. The zero-order chi connectivity index (χ0) is 20.1. The molecule has 10 heteroatoms. The van der Waals surface area contributed by atoms with Gasteiger partial charge in [-0.15, -0.1) is 3.89 Å². The van der Waals surface area contributed by atoms with Crippen molar-refractivity contribution in [1.29, 1.82) is 0 Å². The number of aliphatic hydroxyl groups excluding tert-OH is 1. The van der Waals surface area contributed by atoms with Gasteiger partial charge in [-0.2, -0.15) is 0 Å². The van der Waals surface area contributed by atoms with Crippen LogP contribution in [0.1, 0.15) is 0 Å². The van der Waals surface area contributed by atoms with E-state index in [1.54, 1.807) is 50.7 Å². The minimum Gasteiger partial charge on any atom is -0.496 e. The van der Waals surface area contributed by atoms with Crippen molar-refractivity contribution in [2.45, 2.75) is 0 Å². The molecule has 0 radical (unpaired) electrons. The van der Waals surface area contributed by atoms with Gasteiger partial charge in [-0.25, -0.2) is 13.8 Å². The molecule has 3 N–H and O–H groups in total. The van der Waals surface area contributed by atoms with Gasteiger partial charge >= 0.3 is 6.03 Å². The first kappa shape index (κ1) is 19.8. The van der Waals surface area contributed by atoms with Gasteiger partial charge in [0.2, 0.25) is 0 Å². The first-order chi connectivity index (χ1) is 13.6. The lowest BCUT2D eigenvalue weighted by Crippen LogP contribution is -2.31. The van der Waals surface area contributed by atoms with E-state index in [0.29, 0.717) is 33.7 Å². The van der Waals surface area contributed by atoms with Gasteiger partial charge in [-0.3, -0.25) is 5.32 Å². The number of rotatable bonds is 7. The summed E-state index contributed by atoms with van der Waals surface area (Å²) in [4.78, 5) is 16.1. The number of carbonyl (C=O) groups excluding carboxylic acids is 1. The number of amides is 2. The number of hydrogen-bond donors (Lipinski definition) is 3. The van der Waals surface area contributed by atoms with E-state index in [1.165, 1.54) is 3.97 Å². The Bertz CT molecular complexity index is 973. The molecule has 0 fully saturated rings. The number of benzene rings is 1. The number of fused-ring (bicyclic) bond motifs is 1. The number of aliphatic hydroxyl groups is 1. The van der Waals surface area contributed by atoms with Crippen LogP contribution in [0.15, 0.2) is 36.5 Å². The number of carbonyl (C=O) groups is 1. The molecule has 0 bridgehead atoms. The summed E-state index contributed by atoms with van der Waals surface area (Å²) >= 11 is -0.00668. The SMILES string of the molecule is COc1cccc(OC)c1-c1cn(SF)c2nc(NC(=O)NCCO)ccc12. The minimum absolute atomic E-state index is 0.00668. The van der Waals surface area contributed by atoms with Crippen LogP contribution in [0.4, 0.5) is 14.5 Å². The van der Waals surface area contributed by atoms with Crippen LogP contribution < -0.4 is 20.1 Å². The molecule has 2 amide bonds. The van der Waals surface area contributed by atoms with E-state index in [4.69, 9.17) is 14.6 Å². The molecule has 0 aliphatic heterocycles. The molecule has 2 aromatic heterocycles. The van der Waals surface area contributed by atoms with Crippen molar-refractivity contribution in [3.63, 3.8) is 0 Å². The van der Waals surface area contributed by atoms with Crippen molar-refractivity contribution in [3.05, 3.63) is 36.5 Å². The van der Waals surface area contributed by atoms with Crippen molar-refractivity contribution in [1.82, 2.24) is 14.3 Å². The van der Waals surface area contributed by atoms with Crippen LogP contribution in [-0.2, 0) is 0 Å². The molecule has 0 aliphatic rings. The third kappa shape index (κ3) is 3.82. The van der Waals surface area contributed by atoms with Crippen LogP contribution in [-0.4, -0.2) is 47.5 Å². The highest BCUT2D eigenvalue weighted by atomic mass is 32.2. The molecule has 3 rings (SSSR count). The molecule has 0 saturated heterocycles. The fourth-order valence-electron chi connectivity index (χ4n) is 2.84. The van der Waals surface area contributed by atoms with Gasteiger partial charge in [0, 0.05) is 23.7 Å². The average molecular weight is 406 g/mol. The van der Waals surface area contributed by atoms with E-state index in [1.807, 2.05) is 0 Å². The van der Waals surface area contributed by atoms with E-state index in [-0.39, 0.29) is 31.3 Å². The van der Waals surface area contributed by atoms with Gasteiger partial charge in [-0.05, 0) is 24.3 Å². The maximum absolute atomic E-state index is 13.6. The molecular formula is C18H19FN4O4S. The molecule has 1 aromatic carbocycles. The van der Waals surface area contributed by atoms with Crippen LogP contribution in [0.3, 0.4) is 0 Å². The first-order valence-electron chi connectivity index (χ1n) is 8.31. The zero-order valence-corrected chi connectivity index (χ0v) is 16.0. The number of aromatic nitrogens is 2. The van der Waals surface area contributed by atoms with Gasteiger partial charge in [0.15, 0.2) is 18.0 Å². The molecule has 148 valence electrons. The molecule has 0 unspecified atom stereocenters. The third-order valence-corrected chi connectivity index (χ3v) is 4.46. The van der Waals surface area contributed by atoms with Crippen LogP contribution in [0.5, 0.6) is 11.5 Å². The van der Waals surface area contributed by atoms with E-state index >= 15 is 0 Å². The fraction of sp³-hybridized carbons (Fsp3) is 0.222. The lowest BCUT2D eigenvalue weighted by molar-refractivity contribution is 0.244. The summed E-state index contributed by atoms with van der Waals surface area (Å²) in [5.74, 6) is 1.40. The Kier molecular flexibility index (Phi) is 6.22. The predicted molar refractivity (Wildman–Crippen MR) is 106 cm³/mol. The highest BCUT2D eigenvalue weighted by Crippen LogP contribution is 2.43. The van der Waals surface area contributed by atoms with Gasteiger partial charge in [0.25, 0.3) is 0 Å². The third-order valence-electron chi connectivity index (χ3n) is 4.03. The van der Waals surface area contributed by atoms with Crippen molar-refractivity contribution >= 4 is 35.2 Å². The number of nitrogens with zero attached hydrogens (tertiary/aromatic N) is 2. The molecule has 0 atom stereocenters. The minimum atomic E-state index is -0.515.